The molecule has 0 saturated heterocycles. The Labute approximate surface area is 106 Å². The summed E-state index contributed by atoms with van der Waals surface area (Å²) in [6.45, 7) is 7.01. The molecule has 0 fully saturated rings. The van der Waals surface area contributed by atoms with E-state index in [1.54, 1.807) is 11.1 Å². The number of nitrogens with two attached hydrogens (primary N) is 1. The Balaban J connectivity index is 0.00000225. The lowest BCUT2D eigenvalue weighted by molar-refractivity contribution is 0.256. The Morgan fingerprint density at radius 3 is 2.56 bits per heavy atom. The number of aliphatic hydroxyl groups is 1. The molecule has 3 heteroatoms. The molecule has 0 radical (unpaired) electrons. The average Bonchev–Trinajstić information content (AvgIpc) is 2.15. The van der Waals surface area contributed by atoms with Crippen LogP contribution in [0, 0.1) is 5.41 Å². The van der Waals surface area contributed by atoms with Crippen molar-refractivity contribution in [2.75, 3.05) is 6.61 Å². The summed E-state index contributed by atoms with van der Waals surface area (Å²) in [5.41, 5.74) is 9.23. The van der Waals surface area contributed by atoms with Gasteiger partial charge in [0.15, 0.2) is 0 Å². The molecule has 16 heavy (non-hydrogen) atoms. The molecule has 1 rings (SSSR count). The van der Waals surface area contributed by atoms with Gasteiger partial charge in [0, 0.05) is 6.04 Å². The van der Waals surface area contributed by atoms with Gasteiger partial charge in [-0.05, 0) is 44.4 Å². The van der Waals surface area contributed by atoms with E-state index in [9.17, 15) is 0 Å². The number of halogens is 1. The SMILES string of the molecule is CC1=C(CCC(N)CO)C(C)(C)CCC1.Cl. The second-order valence-corrected chi connectivity index (χ2v) is 5.48. The maximum absolute atomic E-state index is 8.92. The van der Waals surface area contributed by atoms with Crippen LogP contribution in [0.1, 0.15) is 52.9 Å². The third-order valence-corrected chi connectivity index (χ3v) is 3.69. The Morgan fingerprint density at radius 2 is 2.06 bits per heavy atom. The van der Waals surface area contributed by atoms with Crippen LogP contribution in [0.15, 0.2) is 11.1 Å². The van der Waals surface area contributed by atoms with Crippen LogP contribution in [0.4, 0.5) is 0 Å². The van der Waals surface area contributed by atoms with Crippen LogP contribution < -0.4 is 5.73 Å². The van der Waals surface area contributed by atoms with Gasteiger partial charge in [-0.15, -0.1) is 12.4 Å². The van der Waals surface area contributed by atoms with E-state index in [4.69, 9.17) is 10.8 Å². The highest BCUT2D eigenvalue weighted by atomic mass is 35.5. The van der Waals surface area contributed by atoms with Gasteiger partial charge in [-0.2, -0.15) is 0 Å². The number of rotatable bonds is 4. The van der Waals surface area contributed by atoms with E-state index in [2.05, 4.69) is 20.8 Å². The first kappa shape index (κ1) is 16.0. The molecule has 1 aliphatic carbocycles. The molecule has 2 nitrogen and oxygen atoms in total. The van der Waals surface area contributed by atoms with Gasteiger partial charge in [0.1, 0.15) is 0 Å². The largest absolute Gasteiger partial charge is 0.395 e. The van der Waals surface area contributed by atoms with E-state index in [0.29, 0.717) is 5.41 Å². The number of hydrogen-bond acceptors (Lipinski definition) is 2. The summed E-state index contributed by atoms with van der Waals surface area (Å²) < 4.78 is 0. The fraction of sp³-hybridized carbons (Fsp3) is 0.846. The quantitative estimate of drug-likeness (QED) is 0.751. The second-order valence-electron chi connectivity index (χ2n) is 5.48. The molecule has 1 atom stereocenters. The van der Waals surface area contributed by atoms with E-state index in [1.165, 1.54) is 19.3 Å². The summed E-state index contributed by atoms with van der Waals surface area (Å²) in [6, 6.07) is -0.0528. The van der Waals surface area contributed by atoms with Gasteiger partial charge in [-0.25, -0.2) is 0 Å². The van der Waals surface area contributed by atoms with Crippen LogP contribution in [0.25, 0.3) is 0 Å². The zero-order chi connectivity index (χ0) is 11.5. The maximum Gasteiger partial charge on any atom is 0.0582 e. The van der Waals surface area contributed by atoms with Crippen LogP contribution in [-0.4, -0.2) is 17.8 Å². The van der Waals surface area contributed by atoms with Gasteiger partial charge in [0.25, 0.3) is 0 Å². The van der Waals surface area contributed by atoms with Crippen molar-refractivity contribution >= 4 is 12.4 Å². The summed E-state index contributed by atoms with van der Waals surface area (Å²) in [6.07, 6.45) is 5.81. The van der Waals surface area contributed by atoms with Gasteiger partial charge >= 0.3 is 0 Å². The van der Waals surface area contributed by atoms with Crippen molar-refractivity contribution in [2.45, 2.75) is 58.9 Å². The zero-order valence-electron chi connectivity index (χ0n) is 10.8. The van der Waals surface area contributed by atoms with E-state index in [1.807, 2.05) is 0 Å². The van der Waals surface area contributed by atoms with Crippen LogP contribution in [0.5, 0.6) is 0 Å². The summed E-state index contributed by atoms with van der Waals surface area (Å²) >= 11 is 0. The third-order valence-electron chi connectivity index (χ3n) is 3.69. The maximum atomic E-state index is 8.92. The predicted molar refractivity (Wildman–Crippen MR) is 71.9 cm³/mol. The third kappa shape index (κ3) is 4.08. The highest BCUT2D eigenvalue weighted by Gasteiger charge is 2.27. The fourth-order valence-corrected chi connectivity index (χ4v) is 2.65. The van der Waals surface area contributed by atoms with E-state index < -0.39 is 0 Å². The molecule has 0 aromatic heterocycles. The van der Waals surface area contributed by atoms with Crippen molar-refractivity contribution in [1.29, 1.82) is 0 Å². The highest BCUT2D eigenvalue weighted by molar-refractivity contribution is 5.85. The first-order valence-corrected chi connectivity index (χ1v) is 6.03. The Hall–Kier alpha value is -0.0500. The van der Waals surface area contributed by atoms with Crippen molar-refractivity contribution in [1.82, 2.24) is 0 Å². The number of aliphatic hydroxyl groups excluding tert-OH is 1. The molecule has 0 bridgehead atoms. The molecule has 0 amide bonds. The van der Waals surface area contributed by atoms with Crippen molar-refractivity contribution in [2.24, 2.45) is 11.1 Å². The minimum Gasteiger partial charge on any atom is -0.395 e. The average molecular weight is 248 g/mol. The monoisotopic (exact) mass is 247 g/mol. The standard InChI is InChI=1S/C13H25NO.ClH/c1-10-5-4-8-13(2,3)12(10)7-6-11(14)9-15;/h11,15H,4-9,14H2,1-3H3;1H. The minimum absolute atomic E-state index is 0. The topological polar surface area (TPSA) is 46.2 Å². The summed E-state index contributed by atoms with van der Waals surface area (Å²) in [5, 5.41) is 8.92. The van der Waals surface area contributed by atoms with Gasteiger partial charge in [-0.1, -0.05) is 25.0 Å². The smallest absolute Gasteiger partial charge is 0.0582 e. The zero-order valence-corrected chi connectivity index (χ0v) is 11.6. The normalized spacial score (nSPS) is 21.6. The molecule has 0 aromatic carbocycles. The Morgan fingerprint density at radius 1 is 1.44 bits per heavy atom. The molecular formula is C13H26ClNO. The Kier molecular flexibility index (Phi) is 6.61. The summed E-state index contributed by atoms with van der Waals surface area (Å²) in [7, 11) is 0. The van der Waals surface area contributed by atoms with Crippen LogP contribution in [0.2, 0.25) is 0 Å². The second kappa shape index (κ2) is 6.63. The van der Waals surface area contributed by atoms with Gasteiger partial charge < -0.3 is 10.8 Å². The molecule has 0 saturated carbocycles. The van der Waals surface area contributed by atoms with E-state index in [0.717, 1.165) is 12.8 Å². The number of allylic oxidation sites excluding steroid dienone is 2. The van der Waals surface area contributed by atoms with Crippen molar-refractivity contribution in [3.05, 3.63) is 11.1 Å². The molecular weight excluding hydrogens is 222 g/mol. The molecule has 0 spiro atoms. The minimum atomic E-state index is -0.0528. The van der Waals surface area contributed by atoms with Gasteiger partial charge in [0.05, 0.1) is 6.61 Å². The first-order valence-electron chi connectivity index (χ1n) is 6.03. The first-order chi connectivity index (χ1) is 6.97. The van der Waals surface area contributed by atoms with Gasteiger partial charge in [0.2, 0.25) is 0 Å². The molecule has 3 N–H and O–H groups in total. The highest BCUT2D eigenvalue weighted by Crippen LogP contribution is 2.42. The fourth-order valence-electron chi connectivity index (χ4n) is 2.65. The van der Waals surface area contributed by atoms with E-state index >= 15 is 0 Å². The Bertz CT molecular complexity index is 248. The molecule has 0 heterocycles. The molecule has 0 aliphatic heterocycles. The molecule has 1 aliphatic rings. The van der Waals surface area contributed by atoms with Crippen molar-refractivity contribution in [3.63, 3.8) is 0 Å². The predicted octanol–water partition coefficient (Wildman–Crippen LogP) is 3.03. The van der Waals surface area contributed by atoms with Crippen LogP contribution in [0.3, 0.4) is 0 Å². The van der Waals surface area contributed by atoms with Gasteiger partial charge in [-0.3, -0.25) is 0 Å². The van der Waals surface area contributed by atoms with Crippen molar-refractivity contribution in [3.8, 4) is 0 Å². The summed E-state index contributed by atoms with van der Waals surface area (Å²) in [5.74, 6) is 0. The molecule has 1 unspecified atom stereocenters. The molecule has 96 valence electrons. The lowest BCUT2D eigenvalue weighted by Gasteiger charge is -2.35. The molecule has 0 aromatic rings. The summed E-state index contributed by atoms with van der Waals surface area (Å²) in [4.78, 5) is 0. The van der Waals surface area contributed by atoms with Crippen molar-refractivity contribution < 1.29 is 5.11 Å². The lowest BCUT2D eigenvalue weighted by atomic mass is 9.71. The number of hydrogen-bond donors (Lipinski definition) is 2. The van der Waals surface area contributed by atoms with Crippen LogP contribution in [-0.2, 0) is 0 Å². The lowest BCUT2D eigenvalue weighted by Crippen LogP contribution is -2.27. The van der Waals surface area contributed by atoms with E-state index in [-0.39, 0.29) is 25.1 Å². The van der Waals surface area contributed by atoms with Crippen LogP contribution >= 0.6 is 12.4 Å².